The maximum atomic E-state index is 12.1. The second-order valence-corrected chi connectivity index (χ2v) is 4.59. The Bertz CT molecular complexity index is 590. The fraction of sp³-hybridized carbons (Fsp3) is 0.357. The third-order valence-corrected chi connectivity index (χ3v) is 3.03. The summed E-state index contributed by atoms with van der Waals surface area (Å²) in [7, 11) is 0. The number of carbonyl (C=O) groups excluding carboxylic acids is 1. The lowest BCUT2D eigenvalue weighted by molar-refractivity contribution is 0.0915. The fourth-order valence-corrected chi connectivity index (χ4v) is 1.82. The topological polar surface area (TPSA) is 90.9 Å². The van der Waals surface area contributed by atoms with Gasteiger partial charge in [0.25, 0.3) is 5.91 Å². The molecule has 1 aromatic carbocycles. The highest BCUT2D eigenvalue weighted by atomic mass is 16.3. The van der Waals surface area contributed by atoms with Gasteiger partial charge in [-0.25, -0.2) is 4.98 Å². The first kappa shape index (κ1) is 14.2. The van der Waals surface area contributed by atoms with Gasteiger partial charge in [-0.3, -0.25) is 9.89 Å². The SMILES string of the molecule is CCC(CO)NC(=O)c1cccc(-c2n[nH]c(C)n2)c1. The highest BCUT2D eigenvalue weighted by Gasteiger charge is 2.12. The molecule has 1 atom stereocenters. The molecule has 3 N–H and O–H groups in total. The largest absolute Gasteiger partial charge is 0.394 e. The van der Waals surface area contributed by atoms with Crippen LogP contribution in [0.25, 0.3) is 11.4 Å². The zero-order valence-corrected chi connectivity index (χ0v) is 11.6. The van der Waals surface area contributed by atoms with E-state index >= 15 is 0 Å². The average molecular weight is 274 g/mol. The molecule has 2 aromatic rings. The summed E-state index contributed by atoms with van der Waals surface area (Å²) in [4.78, 5) is 16.3. The Balaban J connectivity index is 2.19. The Morgan fingerprint density at radius 3 is 2.90 bits per heavy atom. The summed E-state index contributed by atoms with van der Waals surface area (Å²) in [5, 5.41) is 18.7. The third kappa shape index (κ3) is 3.21. The number of aliphatic hydroxyl groups is 1. The van der Waals surface area contributed by atoms with Gasteiger partial charge in [-0.1, -0.05) is 19.1 Å². The second-order valence-electron chi connectivity index (χ2n) is 4.59. The molecule has 1 unspecified atom stereocenters. The van der Waals surface area contributed by atoms with Gasteiger partial charge >= 0.3 is 0 Å². The van der Waals surface area contributed by atoms with E-state index in [1.165, 1.54) is 0 Å². The quantitative estimate of drug-likeness (QED) is 0.766. The molecule has 1 aromatic heterocycles. The van der Waals surface area contributed by atoms with Crippen LogP contribution in [0.1, 0.15) is 29.5 Å². The van der Waals surface area contributed by atoms with Crippen LogP contribution >= 0.6 is 0 Å². The van der Waals surface area contributed by atoms with Gasteiger partial charge in [-0.05, 0) is 25.5 Å². The van der Waals surface area contributed by atoms with E-state index in [0.717, 1.165) is 11.4 Å². The number of benzene rings is 1. The minimum Gasteiger partial charge on any atom is -0.394 e. The Labute approximate surface area is 117 Å². The van der Waals surface area contributed by atoms with Crippen molar-refractivity contribution in [2.24, 2.45) is 0 Å². The van der Waals surface area contributed by atoms with Crippen LogP contribution in [0.4, 0.5) is 0 Å². The smallest absolute Gasteiger partial charge is 0.251 e. The number of carbonyl (C=O) groups is 1. The van der Waals surface area contributed by atoms with Crippen molar-refractivity contribution in [2.75, 3.05) is 6.61 Å². The first-order valence-electron chi connectivity index (χ1n) is 6.55. The first-order chi connectivity index (χ1) is 9.63. The van der Waals surface area contributed by atoms with Crippen molar-refractivity contribution in [3.63, 3.8) is 0 Å². The standard InChI is InChI=1S/C14H18N4O2/c1-3-12(8-19)16-14(20)11-6-4-5-10(7-11)13-15-9(2)17-18-13/h4-7,12,19H,3,8H2,1-2H3,(H,16,20)(H,15,17,18). The van der Waals surface area contributed by atoms with Crippen molar-refractivity contribution < 1.29 is 9.90 Å². The van der Waals surface area contributed by atoms with Gasteiger partial charge in [0.2, 0.25) is 0 Å². The molecule has 0 radical (unpaired) electrons. The highest BCUT2D eigenvalue weighted by Crippen LogP contribution is 2.16. The van der Waals surface area contributed by atoms with Gasteiger partial charge in [0.05, 0.1) is 12.6 Å². The number of hydrogen-bond donors (Lipinski definition) is 3. The average Bonchev–Trinajstić information content (AvgIpc) is 2.91. The van der Waals surface area contributed by atoms with E-state index in [9.17, 15) is 4.79 Å². The predicted molar refractivity (Wildman–Crippen MR) is 75.2 cm³/mol. The van der Waals surface area contributed by atoms with E-state index in [1.54, 1.807) is 18.2 Å². The third-order valence-electron chi connectivity index (χ3n) is 3.03. The maximum absolute atomic E-state index is 12.1. The van der Waals surface area contributed by atoms with E-state index in [0.29, 0.717) is 17.8 Å². The molecule has 20 heavy (non-hydrogen) atoms. The van der Waals surface area contributed by atoms with Crippen molar-refractivity contribution in [3.05, 3.63) is 35.7 Å². The molecule has 1 amide bonds. The number of nitrogens with one attached hydrogen (secondary N) is 2. The van der Waals surface area contributed by atoms with Gasteiger partial charge < -0.3 is 10.4 Å². The molecular formula is C14H18N4O2. The van der Waals surface area contributed by atoms with Crippen molar-refractivity contribution in [1.82, 2.24) is 20.5 Å². The zero-order chi connectivity index (χ0) is 14.5. The van der Waals surface area contributed by atoms with Crippen LogP contribution < -0.4 is 5.32 Å². The molecule has 2 rings (SSSR count). The van der Waals surface area contributed by atoms with E-state index in [1.807, 2.05) is 19.9 Å². The Kier molecular flexibility index (Phi) is 4.47. The van der Waals surface area contributed by atoms with Gasteiger partial charge in [0, 0.05) is 11.1 Å². The number of hydrogen-bond acceptors (Lipinski definition) is 4. The number of H-pyrrole nitrogens is 1. The number of amides is 1. The van der Waals surface area contributed by atoms with E-state index in [-0.39, 0.29) is 18.6 Å². The molecule has 0 aliphatic rings. The second kappa shape index (κ2) is 6.29. The van der Waals surface area contributed by atoms with Crippen LogP contribution in [0.2, 0.25) is 0 Å². The summed E-state index contributed by atoms with van der Waals surface area (Å²) < 4.78 is 0. The molecular weight excluding hydrogens is 256 g/mol. The number of aromatic nitrogens is 3. The van der Waals surface area contributed by atoms with Gasteiger partial charge in [-0.2, -0.15) is 5.10 Å². The molecule has 0 fully saturated rings. The molecule has 6 nitrogen and oxygen atoms in total. The lowest BCUT2D eigenvalue weighted by Gasteiger charge is -2.14. The summed E-state index contributed by atoms with van der Waals surface area (Å²) in [5.41, 5.74) is 1.30. The number of aryl methyl sites for hydroxylation is 1. The fourth-order valence-electron chi connectivity index (χ4n) is 1.82. The molecule has 1 heterocycles. The monoisotopic (exact) mass is 274 g/mol. The summed E-state index contributed by atoms with van der Waals surface area (Å²) in [6.07, 6.45) is 0.683. The van der Waals surface area contributed by atoms with Gasteiger partial charge in [-0.15, -0.1) is 0 Å². The van der Waals surface area contributed by atoms with Crippen LogP contribution in [0.15, 0.2) is 24.3 Å². The van der Waals surface area contributed by atoms with Crippen molar-refractivity contribution in [2.45, 2.75) is 26.3 Å². The molecule has 0 saturated carbocycles. The molecule has 0 bridgehead atoms. The summed E-state index contributed by atoms with van der Waals surface area (Å²) in [6.45, 7) is 3.66. The van der Waals surface area contributed by atoms with Gasteiger partial charge in [0.1, 0.15) is 5.82 Å². The number of nitrogens with zero attached hydrogens (tertiary/aromatic N) is 2. The number of aliphatic hydroxyl groups excluding tert-OH is 1. The molecule has 0 spiro atoms. The van der Waals surface area contributed by atoms with Crippen LogP contribution in [-0.4, -0.2) is 38.8 Å². The lowest BCUT2D eigenvalue weighted by atomic mass is 10.1. The summed E-state index contributed by atoms with van der Waals surface area (Å²) in [5.74, 6) is 1.08. The van der Waals surface area contributed by atoms with E-state index in [2.05, 4.69) is 20.5 Å². The van der Waals surface area contributed by atoms with E-state index in [4.69, 9.17) is 5.11 Å². The number of rotatable bonds is 5. The Morgan fingerprint density at radius 1 is 1.50 bits per heavy atom. The van der Waals surface area contributed by atoms with Crippen LogP contribution in [0.5, 0.6) is 0 Å². The normalized spacial score (nSPS) is 12.2. The van der Waals surface area contributed by atoms with Crippen molar-refractivity contribution in [1.29, 1.82) is 0 Å². The van der Waals surface area contributed by atoms with Crippen molar-refractivity contribution >= 4 is 5.91 Å². The highest BCUT2D eigenvalue weighted by molar-refractivity contribution is 5.95. The van der Waals surface area contributed by atoms with Crippen LogP contribution in [0.3, 0.4) is 0 Å². The molecule has 0 saturated heterocycles. The molecule has 0 aliphatic heterocycles. The van der Waals surface area contributed by atoms with Crippen LogP contribution in [-0.2, 0) is 0 Å². The molecule has 106 valence electrons. The summed E-state index contributed by atoms with van der Waals surface area (Å²) >= 11 is 0. The lowest BCUT2D eigenvalue weighted by Crippen LogP contribution is -2.36. The predicted octanol–water partition coefficient (Wildman–Crippen LogP) is 1.28. The minimum absolute atomic E-state index is 0.0674. The van der Waals surface area contributed by atoms with E-state index < -0.39 is 0 Å². The van der Waals surface area contributed by atoms with Gasteiger partial charge in [0.15, 0.2) is 5.82 Å². The number of aromatic amines is 1. The summed E-state index contributed by atoms with van der Waals surface area (Å²) in [6, 6.07) is 6.88. The maximum Gasteiger partial charge on any atom is 0.251 e. The zero-order valence-electron chi connectivity index (χ0n) is 11.6. The minimum atomic E-state index is -0.225. The molecule has 0 aliphatic carbocycles. The molecule has 6 heteroatoms. The van der Waals surface area contributed by atoms with Crippen LogP contribution in [0, 0.1) is 6.92 Å². The van der Waals surface area contributed by atoms with Crippen molar-refractivity contribution in [3.8, 4) is 11.4 Å². The Hall–Kier alpha value is -2.21. The first-order valence-corrected chi connectivity index (χ1v) is 6.55. The Morgan fingerprint density at radius 2 is 2.30 bits per heavy atom.